The SMILES string of the molecule is Cc1ccccc1Sc1ccc(C(=O)NS(=O)(=O)Nc2ccc(F)cc2)cc1. The van der Waals surface area contributed by atoms with Crippen LogP contribution in [0.5, 0.6) is 0 Å². The summed E-state index contributed by atoms with van der Waals surface area (Å²) in [6.07, 6.45) is 0. The molecule has 0 saturated carbocycles. The Labute approximate surface area is 167 Å². The summed E-state index contributed by atoms with van der Waals surface area (Å²) in [5, 5.41) is 0. The maximum Gasteiger partial charge on any atom is 0.323 e. The molecule has 0 bridgehead atoms. The van der Waals surface area contributed by atoms with Crippen molar-refractivity contribution in [3.63, 3.8) is 0 Å². The minimum Gasteiger partial charge on any atom is -0.268 e. The van der Waals surface area contributed by atoms with Gasteiger partial charge < -0.3 is 0 Å². The van der Waals surface area contributed by atoms with Crippen molar-refractivity contribution >= 4 is 33.6 Å². The largest absolute Gasteiger partial charge is 0.323 e. The summed E-state index contributed by atoms with van der Waals surface area (Å²) < 4.78 is 41.1. The van der Waals surface area contributed by atoms with Gasteiger partial charge in [-0.2, -0.15) is 8.42 Å². The number of nitrogens with one attached hydrogen (secondary N) is 2. The summed E-state index contributed by atoms with van der Waals surface area (Å²) in [6.45, 7) is 2.02. The van der Waals surface area contributed by atoms with Gasteiger partial charge >= 0.3 is 10.2 Å². The molecule has 0 heterocycles. The van der Waals surface area contributed by atoms with Crippen LogP contribution in [0.2, 0.25) is 0 Å². The van der Waals surface area contributed by atoms with E-state index in [1.54, 1.807) is 36.0 Å². The third-order valence-corrected chi connectivity index (χ3v) is 5.91. The first-order chi connectivity index (χ1) is 13.3. The van der Waals surface area contributed by atoms with Crippen LogP contribution in [0.25, 0.3) is 0 Å². The number of carbonyl (C=O) groups is 1. The van der Waals surface area contributed by atoms with Crippen LogP contribution in [0.3, 0.4) is 0 Å². The van der Waals surface area contributed by atoms with Crippen molar-refractivity contribution in [1.29, 1.82) is 0 Å². The smallest absolute Gasteiger partial charge is 0.268 e. The molecular weight excluding hydrogens is 399 g/mol. The number of aryl methyl sites for hydroxylation is 1. The molecule has 8 heteroatoms. The van der Waals surface area contributed by atoms with Crippen molar-refractivity contribution in [2.75, 3.05) is 4.72 Å². The van der Waals surface area contributed by atoms with Gasteiger partial charge in [-0.1, -0.05) is 30.0 Å². The van der Waals surface area contributed by atoms with Crippen molar-refractivity contribution in [2.24, 2.45) is 0 Å². The lowest BCUT2D eigenvalue weighted by Gasteiger charge is -2.10. The van der Waals surface area contributed by atoms with Crippen LogP contribution in [-0.4, -0.2) is 14.3 Å². The number of benzene rings is 3. The fourth-order valence-electron chi connectivity index (χ4n) is 2.35. The molecule has 3 rings (SSSR count). The molecule has 28 heavy (non-hydrogen) atoms. The second-order valence-corrected chi connectivity index (χ2v) is 8.47. The van der Waals surface area contributed by atoms with Gasteiger partial charge in [-0.25, -0.2) is 9.11 Å². The van der Waals surface area contributed by atoms with E-state index < -0.39 is 21.9 Å². The second kappa shape index (κ2) is 8.45. The van der Waals surface area contributed by atoms with Gasteiger partial charge in [-0.3, -0.25) is 9.52 Å². The Morgan fingerprint density at radius 2 is 1.57 bits per heavy atom. The van der Waals surface area contributed by atoms with E-state index in [2.05, 4.69) is 4.72 Å². The Kier molecular flexibility index (Phi) is 6.01. The Morgan fingerprint density at radius 1 is 0.929 bits per heavy atom. The molecule has 0 aromatic heterocycles. The van der Waals surface area contributed by atoms with Crippen molar-refractivity contribution in [3.8, 4) is 0 Å². The zero-order chi connectivity index (χ0) is 20.1. The highest BCUT2D eigenvalue weighted by Gasteiger charge is 2.16. The lowest BCUT2D eigenvalue weighted by Crippen LogP contribution is -2.35. The van der Waals surface area contributed by atoms with Gasteiger partial charge in [0.1, 0.15) is 5.82 Å². The van der Waals surface area contributed by atoms with Gasteiger partial charge in [0.05, 0.1) is 5.69 Å². The average molecular weight is 416 g/mol. The van der Waals surface area contributed by atoms with Crippen LogP contribution < -0.4 is 9.44 Å². The summed E-state index contributed by atoms with van der Waals surface area (Å²) in [7, 11) is -4.14. The van der Waals surface area contributed by atoms with E-state index >= 15 is 0 Å². The van der Waals surface area contributed by atoms with E-state index in [4.69, 9.17) is 0 Å². The molecule has 0 saturated heterocycles. The monoisotopic (exact) mass is 416 g/mol. The van der Waals surface area contributed by atoms with Crippen LogP contribution in [0, 0.1) is 12.7 Å². The first-order valence-corrected chi connectivity index (χ1v) is 10.6. The molecule has 5 nitrogen and oxygen atoms in total. The molecule has 0 aliphatic heterocycles. The highest BCUT2D eigenvalue weighted by atomic mass is 32.2. The topological polar surface area (TPSA) is 75.3 Å². The van der Waals surface area contributed by atoms with Crippen LogP contribution in [0.1, 0.15) is 15.9 Å². The summed E-state index contributed by atoms with van der Waals surface area (Å²) >= 11 is 1.56. The highest BCUT2D eigenvalue weighted by molar-refractivity contribution is 7.99. The standard InChI is InChI=1S/C20H17FN2O3S2/c1-14-4-2-3-5-19(14)27-18-12-6-15(7-13-18)20(24)23-28(25,26)22-17-10-8-16(21)9-11-17/h2-13,22H,1H3,(H,23,24). The van der Waals surface area contributed by atoms with E-state index in [0.717, 1.165) is 27.5 Å². The first-order valence-electron chi connectivity index (χ1n) is 8.26. The first kappa shape index (κ1) is 19.9. The number of hydrogen-bond donors (Lipinski definition) is 2. The third-order valence-electron chi connectivity index (χ3n) is 3.76. The number of anilines is 1. The van der Waals surface area contributed by atoms with E-state index in [0.29, 0.717) is 0 Å². The van der Waals surface area contributed by atoms with Gasteiger partial charge in [-0.05, 0) is 67.1 Å². The van der Waals surface area contributed by atoms with Crippen molar-refractivity contribution in [3.05, 3.63) is 89.7 Å². The predicted octanol–water partition coefficient (Wildman–Crippen LogP) is 4.37. The molecule has 2 N–H and O–H groups in total. The third kappa shape index (κ3) is 5.34. The number of amides is 1. The fourth-order valence-corrected chi connectivity index (χ4v) is 4.11. The summed E-state index contributed by atoms with van der Waals surface area (Å²) in [4.78, 5) is 14.3. The van der Waals surface area contributed by atoms with Gasteiger partial charge in [0, 0.05) is 15.4 Å². The van der Waals surface area contributed by atoms with E-state index in [1.165, 1.54) is 12.1 Å². The molecular formula is C20H17FN2O3S2. The minimum absolute atomic E-state index is 0.145. The second-order valence-electron chi connectivity index (χ2n) is 5.94. The molecule has 0 fully saturated rings. The maximum atomic E-state index is 12.9. The molecule has 1 amide bonds. The zero-order valence-corrected chi connectivity index (χ0v) is 16.5. The molecule has 144 valence electrons. The Hall–Kier alpha value is -2.84. The summed E-state index contributed by atoms with van der Waals surface area (Å²) in [5.74, 6) is -1.25. The van der Waals surface area contributed by atoms with E-state index in [9.17, 15) is 17.6 Å². The van der Waals surface area contributed by atoms with Crippen molar-refractivity contribution in [2.45, 2.75) is 16.7 Å². The molecule has 3 aromatic carbocycles. The predicted molar refractivity (Wildman–Crippen MR) is 108 cm³/mol. The fraction of sp³-hybridized carbons (Fsp3) is 0.0500. The number of rotatable bonds is 6. The summed E-state index contributed by atoms with van der Waals surface area (Å²) in [6, 6.07) is 19.3. The number of carbonyl (C=O) groups excluding carboxylic acids is 1. The molecule has 0 unspecified atom stereocenters. The normalized spacial score (nSPS) is 11.1. The minimum atomic E-state index is -4.14. The molecule has 0 aliphatic carbocycles. The lowest BCUT2D eigenvalue weighted by molar-refractivity contribution is 0.0981. The zero-order valence-electron chi connectivity index (χ0n) is 14.8. The van der Waals surface area contributed by atoms with Crippen LogP contribution in [0.4, 0.5) is 10.1 Å². The van der Waals surface area contributed by atoms with Gasteiger partial charge in [-0.15, -0.1) is 0 Å². The summed E-state index contributed by atoms with van der Waals surface area (Å²) in [5.41, 5.74) is 1.50. The molecule has 0 spiro atoms. The van der Waals surface area contributed by atoms with Crippen molar-refractivity contribution < 1.29 is 17.6 Å². The number of halogens is 1. The van der Waals surface area contributed by atoms with Gasteiger partial charge in [0.25, 0.3) is 5.91 Å². The Balaban J connectivity index is 1.65. The van der Waals surface area contributed by atoms with Gasteiger partial charge in [0.15, 0.2) is 0 Å². The van der Waals surface area contributed by atoms with Crippen LogP contribution >= 0.6 is 11.8 Å². The van der Waals surface area contributed by atoms with Crippen molar-refractivity contribution in [1.82, 2.24) is 4.72 Å². The molecule has 3 aromatic rings. The average Bonchev–Trinajstić information content (AvgIpc) is 2.65. The molecule has 0 aliphatic rings. The van der Waals surface area contributed by atoms with Gasteiger partial charge in [0.2, 0.25) is 0 Å². The van der Waals surface area contributed by atoms with E-state index in [1.807, 2.05) is 35.9 Å². The maximum absolute atomic E-state index is 12.9. The van der Waals surface area contributed by atoms with Crippen LogP contribution in [0.15, 0.2) is 82.6 Å². The van der Waals surface area contributed by atoms with Crippen LogP contribution in [-0.2, 0) is 10.2 Å². The Morgan fingerprint density at radius 3 is 2.21 bits per heavy atom. The van der Waals surface area contributed by atoms with E-state index in [-0.39, 0.29) is 11.3 Å². The number of hydrogen-bond acceptors (Lipinski definition) is 4. The molecule has 0 radical (unpaired) electrons. The quantitative estimate of drug-likeness (QED) is 0.626. The highest BCUT2D eigenvalue weighted by Crippen LogP contribution is 2.30. The Bertz CT molecular complexity index is 1080. The molecule has 0 atom stereocenters. The lowest BCUT2D eigenvalue weighted by atomic mass is 10.2.